The van der Waals surface area contributed by atoms with Crippen molar-refractivity contribution in [2.45, 2.75) is 25.3 Å². The minimum Gasteiger partial charge on any atom is -0.495 e. The number of pyridine rings is 1. The molecule has 0 aliphatic carbocycles. The Kier molecular flexibility index (Phi) is 5.86. The predicted molar refractivity (Wildman–Crippen MR) is 109 cm³/mol. The van der Waals surface area contributed by atoms with Crippen molar-refractivity contribution >= 4 is 11.6 Å². The number of amides is 1. The third kappa shape index (κ3) is 4.63. The summed E-state index contributed by atoms with van der Waals surface area (Å²) in [7, 11) is 1.57. The zero-order valence-corrected chi connectivity index (χ0v) is 16.4. The molecule has 150 valence electrons. The molecule has 7 heteroatoms. The van der Waals surface area contributed by atoms with Crippen molar-refractivity contribution in [3.05, 3.63) is 71.9 Å². The van der Waals surface area contributed by atoms with Gasteiger partial charge in [0.1, 0.15) is 5.75 Å². The summed E-state index contributed by atoms with van der Waals surface area (Å²) in [5.41, 5.74) is 2.67. The summed E-state index contributed by atoms with van der Waals surface area (Å²) in [4.78, 5) is 19.1. The van der Waals surface area contributed by atoms with Gasteiger partial charge in [-0.1, -0.05) is 17.3 Å². The fourth-order valence-corrected chi connectivity index (χ4v) is 3.71. The van der Waals surface area contributed by atoms with Crippen LogP contribution in [-0.4, -0.2) is 41.1 Å². The molecule has 0 unspecified atom stereocenters. The van der Waals surface area contributed by atoms with Gasteiger partial charge in [-0.25, -0.2) is 0 Å². The number of benzene rings is 1. The summed E-state index contributed by atoms with van der Waals surface area (Å²) in [6.07, 6.45) is 5.76. The molecule has 1 atom stereocenters. The van der Waals surface area contributed by atoms with Crippen LogP contribution in [0.2, 0.25) is 0 Å². The Bertz CT molecular complexity index is 957. The molecule has 0 bridgehead atoms. The quantitative estimate of drug-likeness (QED) is 0.689. The highest BCUT2D eigenvalue weighted by Gasteiger charge is 2.25. The Morgan fingerprint density at radius 3 is 2.93 bits per heavy atom. The Morgan fingerprint density at radius 1 is 1.28 bits per heavy atom. The van der Waals surface area contributed by atoms with E-state index in [1.54, 1.807) is 25.3 Å². The maximum absolute atomic E-state index is 12.6. The number of nitrogens with zero attached hydrogens (tertiary/aromatic N) is 3. The van der Waals surface area contributed by atoms with Crippen molar-refractivity contribution in [1.29, 1.82) is 0 Å². The molecule has 0 spiro atoms. The number of rotatable bonds is 6. The standard InChI is InChI=1S/C22H24N4O3/c1-28-20-7-3-2-6-18(20)24-22(27)21-13-19(25-29-21)17-5-4-12-26(15-17)14-16-8-10-23-11-9-16/h2-3,6-11,13,17H,4-5,12,14-15H2,1H3,(H,24,27)/t17-/m0/s1. The lowest BCUT2D eigenvalue weighted by atomic mass is 9.94. The summed E-state index contributed by atoms with van der Waals surface area (Å²) >= 11 is 0. The molecule has 3 aromatic rings. The zero-order chi connectivity index (χ0) is 20.1. The first kappa shape index (κ1) is 19.1. The Labute approximate surface area is 169 Å². The number of carbonyl (C=O) groups is 1. The van der Waals surface area contributed by atoms with Crippen LogP contribution < -0.4 is 10.1 Å². The highest BCUT2D eigenvalue weighted by molar-refractivity contribution is 6.03. The van der Waals surface area contributed by atoms with Gasteiger partial charge < -0.3 is 14.6 Å². The number of hydrogen-bond acceptors (Lipinski definition) is 6. The number of likely N-dealkylation sites (tertiary alicyclic amines) is 1. The number of ether oxygens (including phenoxy) is 1. The summed E-state index contributed by atoms with van der Waals surface area (Å²) in [6.45, 7) is 2.83. The Morgan fingerprint density at radius 2 is 2.10 bits per heavy atom. The van der Waals surface area contributed by atoms with E-state index in [4.69, 9.17) is 9.26 Å². The van der Waals surface area contributed by atoms with Crippen LogP contribution in [0.1, 0.15) is 40.6 Å². The monoisotopic (exact) mass is 392 g/mol. The van der Waals surface area contributed by atoms with Gasteiger partial charge in [-0.05, 0) is 49.2 Å². The van der Waals surface area contributed by atoms with E-state index in [0.717, 1.165) is 38.2 Å². The first-order valence-electron chi connectivity index (χ1n) is 9.75. The first-order valence-corrected chi connectivity index (χ1v) is 9.75. The minimum absolute atomic E-state index is 0.206. The van der Waals surface area contributed by atoms with Crippen molar-refractivity contribution in [2.75, 3.05) is 25.5 Å². The molecular weight excluding hydrogens is 368 g/mol. The molecule has 7 nitrogen and oxygen atoms in total. The number of aromatic nitrogens is 2. The molecule has 1 amide bonds. The molecule has 1 fully saturated rings. The minimum atomic E-state index is -0.335. The fourth-order valence-electron chi connectivity index (χ4n) is 3.71. The first-order chi connectivity index (χ1) is 14.2. The van der Waals surface area contributed by atoms with Gasteiger partial charge in [-0.2, -0.15) is 0 Å². The highest BCUT2D eigenvalue weighted by Crippen LogP contribution is 2.28. The average molecular weight is 392 g/mol. The number of piperidine rings is 1. The molecule has 1 aromatic carbocycles. The molecule has 1 saturated heterocycles. The number of carbonyl (C=O) groups excluding carboxylic acids is 1. The average Bonchev–Trinajstić information content (AvgIpc) is 3.26. The molecule has 1 aliphatic heterocycles. The molecular formula is C22H24N4O3. The van der Waals surface area contributed by atoms with Gasteiger partial charge in [-0.15, -0.1) is 0 Å². The normalized spacial score (nSPS) is 17.1. The fraction of sp³-hybridized carbons (Fsp3) is 0.318. The van der Waals surface area contributed by atoms with Crippen molar-refractivity contribution < 1.29 is 14.1 Å². The summed E-state index contributed by atoms with van der Waals surface area (Å²) in [6, 6.07) is 13.1. The molecule has 0 saturated carbocycles. The lowest BCUT2D eigenvalue weighted by Crippen LogP contribution is -2.34. The van der Waals surface area contributed by atoms with E-state index in [9.17, 15) is 4.79 Å². The lowest BCUT2D eigenvalue weighted by Gasteiger charge is -2.31. The number of anilines is 1. The Balaban J connectivity index is 1.41. The maximum atomic E-state index is 12.6. The van der Waals surface area contributed by atoms with E-state index in [1.165, 1.54) is 5.56 Å². The van der Waals surface area contributed by atoms with Gasteiger partial charge in [0, 0.05) is 37.5 Å². The topological polar surface area (TPSA) is 80.5 Å². The summed E-state index contributed by atoms with van der Waals surface area (Å²) in [5, 5.41) is 7.00. The van der Waals surface area contributed by atoms with E-state index in [2.05, 4.69) is 20.4 Å². The van der Waals surface area contributed by atoms with Gasteiger partial charge in [-0.3, -0.25) is 14.7 Å². The molecule has 4 rings (SSSR count). The predicted octanol–water partition coefficient (Wildman–Crippen LogP) is 3.71. The smallest absolute Gasteiger partial charge is 0.294 e. The van der Waals surface area contributed by atoms with Crippen LogP contribution >= 0.6 is 0 Å². The van der Waals surface area contributed by atoms with Crippen molar-refractivity contribution in [3.63, 3.8) is 0 Å². The molecule has 3 heterocycles. The number of methoxy groups -OCH3 is 1. The van der Waals surface area contributed by atoms with Gasteiger partial charge in [0.25, 0.3) is 5.91 Å². The van der Waals surface area contributed by atoms with Crippen LogP contribution in [0.15, 0.2) is 59.4 Å². The Hall–Kier alpha value is -3.19. The second-order valence-electron chi connectivity index (χ2n) is 7.20. The molecule has 0 radical (unpaired) electrons. The number of para-hydroxylation sites is 2. The van der Waals surface area contributed by atoms with Crippen LogP contribution in [0, 0.1) is 0 Å². The van der Waals surface area contributed by atoms with E-state index in [0.29, 0.717) is 11.4 Å². The van der Waals surface area contributed by atoms with E-state index < -0.39 is 0 Å². The van der Waals surface area contributed by atoms with Gasteiger partial charge >= 0.3 is 0 Å². The third-order valence-electron chi connectivity index (χ3n) is 5.19. The van der Waals surface area contributed by atoms with Crippen molar-refractivity contribution in [3.8, 4) is 5.75 Å². The maximum Gasteiger partial charge on any atom is 0.294 e. The van der Waals surface area contributed by atoms with Crippen LogP contribution in [0.25, 0.3) is 0 Å². The highest BCUT2D eigenvalue weighted by atomic mass is 16.5. The van der Waals surface area contributed by atoms with Crippen LogP contribution in [0.3, 0.4) is 0 Å². The van der Waals surface area contributed by atoms with E-state index >= 15 is 0 Å². The lowest BCUT2D eigenvalue weighted by molar-refractivity contribution is 0.0987. The van der Waals surface area contributed by atoms with E-state index in [-0.39, 0.29) is 17.6 Å². The summed E-state index contributed by atoms with van der Waals surface area (Å²) in [5.74, 6) is 0.719. The van der Waals surface area contributed by atoms with Crippen molar-refractivity contribution in [1.82, 2.24) is 15.0 Å². The molecule has 2 aromatic heterocycles. The number of hydrogen-bond donors (Lipinski definition) is 1. The zero-order valence-electron chi connectivity index (χ0n) is 16.4. The van der Waals surface area contributed by atoms with Crippen LogP contribution in [0.5, 0.6) is 5.75 Å². The van der Waals surface area contributed by atoms with Crippen LogP contribution in [0.4, 0.5) is 5.69 Å². The largest absolute Gasteiger partial charge is 0.495 e. The summed E-state index contributed by atoms with van der Waals surface area (Å²) < 4.78 is 10.6. The second kappa shape index (κ2) is 8.87. The third-order valence-corrected chi connectivity index (χ3v) is 5.19. The van der Waals surface area contributed by atoms with Crippen LogP contribution in [-0.2, 0) is 6.54 Å². The molecule has 1 N–H and O–H groups in total. The van der Waals surface area contributed by atoms with Gasteiger partial charge in [0.15, 0.2) is 0 Å². The van der Waals surface area contributed by atoms with Gasteiger partial charge in [0.05, 0.1) is 18.5 Å². The van der Waals surface area contributed by atoms with E-state index in [1.807, 2.05) is 36.7 Å². The molecule has 29 heavy (non-hydrogen) atoms. The number of nitrogens with one attached hydrogen (secondary N) is 1. The van der Waals surface area contributed by atoms with Crippen molar-refractivity contribution in [2.24, 2.45) is 0 Å². The molecule has 1 aliphatic rings. The second-order valence-corrected chi connectivity index (χ2v) is 7.20. The SMILES string of the molecule is COc1ccccc1NC(=O)c1cc([C@H]2CCCN(Cc3ccncc3)C2)no1. The van der Waals surface area contributed by atoms with Gasteiger partial charge in [0.2, 0.25) is 5.76 Å².